The summed E-state index contributed by atoms with van der Waals surface area (Å²) in [4.78, 5) is 14.5. The van der Waals surface area contributed by atoms with Crippen LogP contribution < -0.4 is 10.2 Å². The Morgan fingerprint density at radius 2 is 1.77 bits per heavy atom. The fraction of sp³-hybridized carbons (Fsp3) is 0.350. The Hall–Kier alpha value is -2.34. The summed E-state index contributed by atoms with van der Waals surface area (Å²) < 4.78 is 42.2. The zero-order valence-electron chi connectivity index (χ0n) is 14.9. The average Bonchev–Trinajstić information content (AvgIpc) is 2.77. The number of anilines is 1. The lowest BCUT2D eigenvalue weighted by Crippen LogP contribution is -2.40. The Balaban J connectivity index is 2.17. The highest BCUT2D eigenvalue weighted by atomic mass is 19.1. The van der Waals surface area contributed by atoms with Crippen LogP contribution in [0.2, 0.25) is 0 Å². The van der Waals surface area contributed by atoms with Gasteiger partial charge in [-0.3, -0.25) is 4.79 Å². The van der Waals surface area contributed by atoms with Gasteiger partial charge >= 0.3 is 0 Å². The second-order valence-corrected chi connectivity index (χ2v) is 7.05. The van der Waals surface area contributed by atoms with Gasteiger partial charge in [-0.15, -0.1) is 0 Å². The topological polar surface area (TPSA) is 32.3 Å². The summed E-state index contributed by atoms with van der Waals surface area (Å²) in [6.07, 6.45) is 0.384. The molecule has 1 aliphatic heterocycles. The maximum absolute atomic E-state index is 14.7. The lowest BCUT2D eigenvalue weighted by molar-refractivity contribution is -0.122. The number of rotatable bonds is 5. The summed E-state index contributed by atoms with van der Waals surface area (Å²) in [6, 6.07) is 7.07. The van der Waals surface area contributed by atoms with Crippen molar-refractivity contribution in [2.75, 3.05) is 18.5 Å². The summed E-state index contributed by atoms with van der Waals surface area (Å²) in [7, 11) is 1.74. The first-order valence-electron chi connectivity index (χ1n) is 8.50. The second-order valence-electron chi connectivity index (χ2n) is 7.05. The molecule has 138 valence electrons. The van der Waals surface area contributed by atoms with Gasteiger partial charge in [-0.05, 0) is 63.2 Å². The molecule has 0 bridgehead atoms. The first-order valence-corrected chi connectivity index (χ1v) is 8.50. The summed E-state index contributed by atoms with van der Waals surface area (Å²) >= 11 is 0. The number of para-hydroxylation sites is 1. The van der Waals surface area contributed by atoms with Gasteiger partial charge in [0, 0.05) is 6.07 Å². The van der Waals surface area contributed by atoms with E-state index >= 15 is 0 Å². The van der Waals surface area contributed by atoms with Gasteiger partial charge in [0.25, 0.3) is 0 Å². The first kappa shape index (κ1) is 18.5. The number of hydrogen-bond donors (Lipinski definition) is 1. The van der Waals surface area contributed by atoms with Crippen molar-refractivity contribution in [3.63, 3.8) is 0 Å². The minimum atomic E-state index is -0.915. The molecule has 3 nitrogen and oxygen atoms in total. The van der Waals surface area contributed by atoms with E-state index in [0.717, 1.165) is 6.07 Å². The largest absolute Gasteiger partial charge is 0.320 e. The van der Waals surface area contributed by atoms with E-state index in [1.807, 2.05) is 0 Å². The molecule has 0 fully saturated rings. The quantitative estimate of drug-likeness (QED) is 0.869. The summed E-state index contributed by atoms with van der Waals surface area (Å²) in [6.45, 7) is 3.96. The van der Waals surface area contributed by atoms with Gasteiger partial charge in [0.15, 0.2) is 0 Å². The number of fused-ring (bicyclic) bond motifs is 1. The molecule has 1 amide bonds. The predicted octanol–water partition coefficient (Wildman–Crippen LogP) is 4.08. The van der Waals surface area contributed by atoms with E-state index in [9.17, 15) is 18.0 Å². The predicted molar refractivity (Wildman–Crippen MR) is 94.6 cm³/mol. The molecule has 0 aliphatic carbocycles. The van der Waals surface area contributed by atoms with Crippen LogP contribution in [-0.4, -0.2) is 19.5 Å². The SMILES string of the molecule is CNCC[C@H](c1cc(F)cc(F)c1)N1C(=O)C(C)(C)c2cccc(F)c21. The maximum atomic E-state index is 14.7. The summed E-state index contributed by atoms with van der Waals surface area (Å²) in [5.74, 6) is -2.26. The molecule has 0 saturated heterocycles. The van der Waals surface area contributed by atoms with Crippen LogP contribution in [0.25, 0.3) is 0 Å². The van der Waals surface area contributed by atoms with Crippen molar-refractivity contribution in [2.45, 2.75) is 31.7 Å². The smallest absolute Gasteiger partial charge is 0.237 e. The third-order valence-corrected chi connectivity index (χ3v) is 4.90. The van der Waals surface area contributed by atoms with Gasteiger partial charge in [0.1, 0.15) is 17.5 Å². The normalized spacial score (nSPS) is 16.7. The zero-order valence-corrected chi connectivity index (χ0v) is 14.9. The van der Waals surface area contributed by atoms with Gasteiger partial charge < -0.3 is 10.2 Å². The standard InChI is InChI=1S/C20H21F3N2O/c1-20(2)15-5-4-6-16(23)18(15)25(19(20)26)17(7-8-24-3)12-9-13(21)11-14(22)10-12/h4-6,9-11,17,24H,7-8H2,1-3H3/t17-/m1/s1. The Morgan fingerprint density at radius 1 is 1.12 bits per heavy atom. The molecule has 26 heavy (non-hydrogen) atoms. The van der Waals surface area contributed by atoms with Crippen molar-refractivity contribution >= 4 is 11.6 Å². The third-order valence-electron chi connectivity index (χ3n) is 4.90. The minimum Gasteiger partial charge on any atom is -0.320 e. The van der Waals surface area contributed by atoms with Crippen LogP contribution in [0.5, 0.6) is 0 Å². The number of carbonyl (C=O) groups excluding carboxylic acids is 1. The minimum absolute atomic E-state index is 0.188. The van der Waals surface area contributed by atoms with Crippen LogP contribution in [0.3, 0.4) is 0 Å². The first-order chi connectivity index (χ1) is 12.3. The van der Waals surface area contributed by atoms with Gasteiger partial charge in [-0.2, -0.15) is 0 Å². The molecule has 3 rings (SSSR count). The van der Waals surface area contributed by atoms with Crippen molar-refractivity contribution in [1.29, 1.82) is 0 Å². The zero-order chi connectivity index (χ0) is 19.1. The highest BCUT2D eigenvalue weighted by Gasteiger charge is 2.48. The van der Waals surface area contributed by atoms with Crippen molar-refractivity contribution in [3.05, 3.63) is 65.0 Å². The van der Waals surface area contributed by atoms with Crippen LogP contribution in [-0.2, 0) is 10.2 Å². The van der Waals surface area contributed by atoms with Crippen LogP contribution in [0.15, 0.2) is 36.4 Å². The number of carbonyl (C=O) groups is 1. The van der Waals surface area contributed by atoms with E-state index in [4.69, 9.17) is 0 Å². The molecule has 0 aromatic heterocycles. The number of hydrogen-bond acceptors (Lipinski definition) is 2. The van der Waals surface area contributed by atoms with Crippen LogP contribution in [0.4, 0.5) is 18.9 Å². The van der Waals surface area contributed by atoms with Gasteiger partial charge in [-0.1, -0.05) is 12.1 Å². The van der Waals surface area contributed by atoms with Crippen LogP contribution in [0.1, 0.15) is 37.4 Å². The fourth-order valence-electron chi connectivity index (χ4n) is 3.57. The lowest BCUT2D eigenvalue weighted by atomic mass is 9.86. The van der Waals surface area contributed by atoms with E-state index in [0.29, 0.717) is 24.1 Å². The van der Waals surface area contributed by atoms with Gasteiger partial charge in [-0.25, -0.2) is 13.2 Å². The highest BCUT2D eigenvalue weighted by Crippen LogP contribution is 2.47. The molecule has 1 aliphatic rings. The van der Waals surface area contributed by atoms with E-state index < -0.39 is 28.9 Å². The Kier molecular flexibility index (Phi) is 4.80. The number of nitrogens with zero attached hydrogens (tertiary/aromatic N) is 1. The average molecular weight is 362 g/mol. The number of benzene rings is 2. The molecule has 6 heteroatoms. The van der Waals surface area contributed by atoms with E-state index in [-0.39, 0.29) is 11.6 Å². The molecule has 0 spiro atoms. The van der Waals surface area contributed by atoms with Crippen molar-refractivity contribution < 1.29 is 18.0 Å². The van der Waals surface area contributed by atoms with E-state index in [2.05, 4.69) is 5.32 Å². The number of amides is 1. The fourth-order valence-corrected chi connectivity index (χ4v) is 3.57. The van der Waals surface area contributed by atoms with Crippen molar-refractivity contribution in [3.8, 4) is 0 Å². The molecule has 1 heterocycles. The molecule has 1 atom stereocenters. The van der Waals surface area contributed by atoms with Gasteiger partial charge in [0.2, 0.25) is 5.91 Å². The molecule has 0 saturated carbocycles. The molecule has 0 unspecified atom stereocenters. The Labute approximate surface area is 150 Å². The molecule has 2 aromatic rings. The lowest BCUT2D eigenvalue weighted by Gasteiger charge is -2.30. The number of halogens is 3. The number of nitrogens with one attached hydrogen (secondary N) is 1. The van der Waals surface area contributed by atoms with Crippen LogP contribution >= 0.6 is 0 Å². The Morgan fingerprint density at radius 3 is 2.38 bits per heavy atom. The second kappa shape index (κ2) is 6.76. The maximum Gasteiger partial charge on any atom is 0.237 e. The molecular weight excluding hydrogens is 341 g/mol. The molecule has 0 radical (unpaired) electrons. The van der Waals surface area contributed by atoms with Gasteiger partial charge in [0.05, 0.1) is 17.1 Å². The van der Waals surface area contributed by atoms with E-state index in [1.54, 1.807) is 33.0 Å². The summed E-state index contributed by atoms with van der Waals surface area (Å²) in [5, 5.41) is 2.98. The molecular formula is C20H21F3N2O. The molecule has 2 aromatic carbocycles. The molecule has 1 N–H and O–H groups in total. The van der Waals surface area contributed by atoms with E-state index in [1.165, 1.54) is 23.1 Å². The monoisotopic (exact) mass is 362 g/mol. The Bertz CT molecular complexity index is 831. The third kappa shape index (κ3) is 2.98. The van der Waals surface area contributed by atoms with Crippen molar-refractivity contribution in [1.82, 2.24) is 5.32 Å². The summed E-state index contributed by atoms with van der Waals surface area (Å²) in [5.41, 5.74) is 0.154. The highest BCUT2D eigenvalue weighted by molar-refractivity contribution is 6.08. The van der Waals surface area contributed by atoms with Crippen LogP contribution in [0, 0.1) is 17.5 Å². The van der Waals surface area contributed by atoms with Crippen molar-refractivity contribution in [2.24, 2.45) is 0 Å².